The highest BCUT2D eigenvalue weighted by Gasteiger charge is 2.16. The normalized spacial score (nSPS) is 18.3. The van der Waals surface area contributed by atoms with Crippen LogP contribution < -0.4 is 0 Å². The van der Waals surface area contributed by atoms with Crippen LogP contribution in [-0.4, -0.2) is 47.6 Å². The predicted octanol–water partition coefficient (Wildman–Crippen LogP) is 2.58. The van der Waals surface area contributed by atoms with E-state index in [1.807, 2.05) is 6.07 Å². The third-order valence-corrected chi connectivity index (χ3v) is 4.26. The smallest absolute Gasteiger partial charge is 0.0482 e. The van der Waals surface area contributed by atoms with Crippen molar-refractivity contribution in [3.63, 3.8) is 0 Å². The van der Waals surface area contributed by atoms with Crippen LogP contribution in [0.2, 0.25) is 5.02 Å². The van der Waals surface area contributed by atoms with E-state index in [1.165, 1.54) is 16.5 Å². The molecule has 1 aliphatic rings. The Morgan fingerprint density at radius 2 is 1.84 bits per heavy atom. The zero-order chi connectivity index (χ0) is 13.4. The molecule has 1 aromatic heterocycles. The molecule has 0 unspecified atom stereocenters. The molecule has 4 heteroatoms. The van der Waals surface area contributed by atoms with E-state index in [2.05, 4.69) is 46.8 Å². The number of aromatic nitrogens is 1. The van der Waals surface area contributed by atoms with E-state index in [1.54, 1.807) is 0 Å². The summed E-state index contributed by atoms with van der Waals surface area (Å²) < 4.78 is 2.19. The second-order valence-electron chi connectivity index (χ2n) is 5.51. The van der Waals surface area contributed by atoms with Gasteiger partial charge in [0.25, 0.3) is 0 Å². The van der Waals surface area contributed by atoms with Gasteiger partial charge in [-0.2, -0.15) is 0 Å². The van der Waals surface area contributed by atoms with E-state index in [0.717, 1.165) is 37.7 Å². The lowest BCUT2D eigenvalue weighted by Gasteiger charge is -2.32. The van der Waals surface area contributed by atoms with Gasteiger partial charge in [0.15, 0.2) is 0 Å². The number of rotatable bonds is 2. The van der Waals surface area contributed by atoms with Gasteiger partial charge in [0.2, 0.25) is 0 Å². The number of hydrogen-bond acceptors (Lipinski definition) is 2. The van der Waals surface area contributed by atoms with E-state index >= 15 is 0 Å². The van der Waals surface area contributed by atoms with Crippen LogP contribution in [0, 0.1) is 0 Å². The molecule has 3 nitrogen and oxygen atoms in total. The van der Waals surface area contributed by atoms with Gasteiger partial charge in [-0.3, -0.25) is 4.90 Å². The Kier molecular flexibility index (Phi) is 3.52. The number of aryl methyl sites for hydroxylation is 1. The van der Waals surface area contributed by atoms with Crippen LogP contribution in [0.3, 0.4) is 0 Å². The van der Waals surface area contributed by atoms with Gasteiger partial charge in [0.1, 0.15) is 0 Å². The lowest BCUT2D eigenvalue weighted by molar-refractivity contribution is 0.148. The molecule has 0 spiro atoms. The Morgan fingerprint density at radius 1 is 1.11 bits per heavy atom. The van der Waals surface area contributed by atoms with Crippen molar-refractivity contribution in [3.8, 4) is 0 Å². The van der Waals surface area contributed by atoms with Crippen molar-refractivity contribution in [1.29, 1.82) is 0 Å². The van der Waals surface area contributed by atoms with E-state index in [9.17, 15) is 0 Å². The number of nitrogens with zero attached hydrogens (tertiary/aromatic N) is 3. The summed E-state index contributed by atoms with van der Waals surface area (Å²) in [6.45, 7) is 5.63. The third-order valence-electron chi connectivity index (χ3n) is 4.02. The number of likely N-dealkylation sites (N-methyl/N-ethyl adjacent to an activating group) is 1. The first-order valence-electron chi connectivity index (χ1n) is 6.78. The number of piperazine rings is 1. The van der Waals surface area contributed by atoms with Crippen molar-refractivity contribution in [2.75, 3.05) is 33.2 Å². The number of benzene rings is 1. The summed E-state index contributed by atoms with van der Waals surface area (Å²) in [6, 6.07) is 6.15. The summed E-state index contributed by atoms with van der Waals surface area (Å²) in [5.74, 6) is 0. The lowest BCUT2D eigenvalue weighted by Crippen LogP contribution is -2.43. The first-order valence-corrected chi connectivity index (χ1v) is 7.15. The van der Waals surface area contributed by atoms with E-state index in [4.69, 9.17) is 11.6 Å². The molecule has 0 atom stereocenters. The molecule has 0 N–H and O–H groups in total. The van der Waals surface area contributed by atoms with Gasteiger partial charge in [0.05, 0.1) is 0 Å². The monoisotopic (exact) mass is 277 g/mol. The van der Waals surface area contributed by atoms with E-state index in [0.29, 0.717) is 0 Å². The van der Waals surface area contributed by atoms with Crippen LogP contribution in [0.1, 0.15) is 5.56 Å². The van der Waals surface area contributed by atoms with Crippen LogP contribution in [-0.2, 0) is 13.6 Å². The summed E-state index contributed by atoms with van der Waals surface area (Å²) in [6.07, 6.45) is 2.24. The van der Waals surface area contributed by atoms with Gasteiger partial charge in [0, 0.05) is 61.9 Å². The molecular formula is C15H20ClN3. The highest BCUT2D eigenvalue weighted by Crippen LogP contribution is 2.25. The lowest BCUT2D eigenvalue weighted by atomic mass is 10.1. The van der Waals surface area contributed by atoms with Crippen molar-refractivity contribution >= 4 is 22.5 Å². The van der Waals surface area contributed by atoms with Crippen LogP contribution >= 0.6 is 11.6 Å². The van der Waals surface area contributed by atoms with Gasteiger partial charge in [-0.25, -0.2) is 0 Å². The van der Waals surface area contributed by atoms with E-state index < -0.39 is 0 Å². The molecule has 19 heavy (non-hydrogen) atoms. The predicted molar refractivity (Wildman–Crippen MR) is 80.7 cm³/mol. The Balaban J connectivity index is 1.86. The Hall–Kier alpha value is -1.03. The largest absolute Gasteiger partial charge is 0.350 e. The molecule has 0 amide bonds. The molecule has 1 aromatic carbocycles. The minimum absolute atomic E-state index is 0.818. The molecule has 1 aliphatic heterocycles. The van der Waals surface area contributed by atoms with Crippen molar-refractivity contribution in [1.82, 2.24) is 14.4 Å². The first-order chi connectivity index (χ1) is 9.13. The number of halogens is 1. The molecule has 0 radical (unpaired) electrons. The topological polar surface area (TPSA) is 11.4 Å². The average molecular weight is 278 g/mol. The molecule has 3 rings (SSSR count). The molecular weight excluding hydrogens is 258 g/mol. The molecule has 0 aliphatic carbocycles. The molecule has 1 saturated heterocycles. The quantitative estimate of drug-likeness (QED) is 0.836. The maximum Gasteiger partial charge on any atom is 0.0482 e. The molecule has 2 heterocycles. The summed E-state index contributed by atoms with van der Waals surface area (Å²) in [4.78, 5) is 4.91. The van der Waals surface area contributed by atoms with Crippen LogP contribution in [0.4, 0.5) is 0 Å². The molecule has 102 valence electrons. The highest BCUT2D eigenvalue weighted by molar-refractivity contribution is 6.31. The number of fused-ring (bicyclic) bond motifs is 1. The summed E-state index contributed by atoms with van der Waals surface area (Å²) >= 11 is 6.13. The van der Waals surface area contributed by atoms with Gasteiger partial charge in [-0.1, -0.05) is 11.6 Å². The molecule has 0 saturated carbocycles. The SMILES string of the molecule is CN1CCN(Cc2cn(C)c3ccc(Cl)cc23)CC1. The molecule has 2 aromatic rings. The minimum atomic E-state index is 0.818. The fraction of sp³-hybridized carbons (Fsp3) is 0.467. The Morgan fingerprint density at radius 3 is 2.58 bits per heavy atom. The number of hydrogen-bond donors (Lipinski definition) is 0. The average Bonchev–Trinajstić information content (AvgIpc) is 2.69. The minimum Gasteiger partial charge on any atom is -0.350 e. The van der Waals surface area contributed by atoms with Crippen molar-refractivity contribution < 1.29 is 0 Å². The van der Waals surface area contributed by atoms with Crippen molar-refractivity contribution in [3.05, 3.63) is 35.0 Å². The standard InChI is InChI=1S/C15H20ClN3/c1-17-5-7-19(8-6-17)11-12-10-18(2)15-4-3-13(16)9-14(12)15/h3-4,9-10H,5-8,11H2,1-2H3. The maximum absolute atomic E-state index is 6.13. The zero-order valence-corrected chi connectivity index (χ0v) is 12.3. The molecule has 1 fully saturated rings. The van der Waals surface area contributed by atoms with Gasteiger partial charge < -0.3 is 9.47 Å². The van der Waals surface area contributed by atoms with E-state index in [-0.39, 0.29) is 0 Å². The van der Waals surface area contributed by atoms with Crippen molar-refractivity contribution in [2.24, 2.45) is 7.05 Å². The van der Waals surface area contributed by atoms with Gasteiger partial charge >= 0.3 is 0 Å². The second-order valence-corrected chi connectivity index (χ2v) is 5.94. The fourth-order valence-corrected chi connectivity index (χ4v) is 2.99. The zero-order valence-electron chi connectivity index (χ0n) is 11.6. The third kappa shape index (κ3) is 2.64. The maximum atomic E-state index is 6.13. The summed E-state index contributed by atoms with van der Waals surface area (Å²) in [7, 11) is 4.29. The van der Waals surface area contributed by atoms with Crippen molar-refractivity contribution in [2.45, 2.75) is 6.54 Å². The Bertz CT molecular complexity index is 582. The van der Waals surface area contributed by atoms with Crippen LogP contribution in [0.25, 0.3) is 10.9 Å². The summed E-state index contributed by atoms with van der Waals surface area (Å²) in [5.41, 5.74) is 2.64. The van der Waals surface area contributed by atoms with Crippen LogP contribution in [0.15, 0.2) is 24.4 Å². The van der Waals surface area contributed by atoms with Gasteiger partial charge in [-0.15, -0.1) is 0 Å². The van der Waals surface area contributed by atoms with Gasteiger partial charge in [-0.05, 0) is 30.8 Å². The molecule has 0 bridgehead atoms. The first kappa shape index (κ1) is 13.0. The second kappa shape index (κ2) is 5.16. The summed E-state index contributed by atoms with van der Waals surface area (Å²) in [5, 5.41) is 2.10. The fourth-order valence-electron chi connectivity index (χ4n) is 2.82. The Labute approximate surface area is 119 Å². The van der Waals surface area contributed by atoms with Crippen LogP contribution in [0.5, 0.6) is 0 Å². The highest BCUT2D eigenvalue weighted by atomic mass is 35.5.